The van der Waals surface area contributed by atoms with Crippen molar-refractivity contribution >= 4 is 50.9 Å². The molecule has 0 radical (unpaired) electrons. The van der Waals surface area contributed by atoms with Gasteiger partial charge in [-0.1, -0.05) is 61.0 Å². The first-order valence-electron chi connectivity index (χ1n) is 15.8. The van der Waals surface area contributed by atoms with Gasteiger partial charge in [-0.2, -0.15) is 0 Å². The summed E-state index contributed by atoms with van der Waals surface area (Å²) in [7, 11) is -4.22. The van der Waals surface area contributed by atoms with Crippen LogP contribution in [0, 0.1) is 0 Å². The Balaban J connectivity index is 1.80. The van der Waals surface area contributed by atoms with Gasteiger partial charge in [-0.05, 0) is 98.3 Å². The summed E-state index contributed by atoms with van der Waals surface area (Å²) >= 11 is 7.67. The standard InChI is InChI=1S/C37H42ClN3O5S2/c1-5-27(3)39-37(43)35(24-28-10-8-7-9-11-28)40(25-29-12-14-30(38)15-13-29)36(42)26-41(31-16-18-32(19-17-31)46-6-2)48(44,45)34-22-20-33(47-4)21-23-34/h7-23,27,35H,5-6,24-26H2,1-4H3,(H,39,43)/t27-,35+/m0/s1. The first-order valence-corrected chi connectivity index (χ1v) is 18.9. The molecule has 0 aliphatic heterocycles. The molecule has 0 aliphatic carbocycles. The van der Waals surface area contributed by atoms with Crippen molar-refractivity contribution in [2.24, 2.45) is 0 Å². The lowest BCUT2D eigenvalue weighted by atomic mass is 10.0. The van der Waals surface area contributed by atoms with Crippen LogP contribution in [-0.2, 0) is 32.6 Å². The maximum atomic E-state index is 14.6. The number of thioether (sulfide) groups is 1. The lowest BCUT2D eigenvalue weighted by Crippen LogP contribution is -2.54. The molecular formula is C37H42ClN3O5S2. The Morgan fingerprint density at radius 1 is 0.875 bits per heavy atom. The Morgan fingerprint density at radius 3 is 2.10 bits per heavy atom. The van der Waals surface area contributed by atoms with E-state index in [1.54, 1.807) is 60.7 Å². The van der Waals surface area contributed by atoms with E-state index in [1.807, 2.05) is 57.4 Å². The molecule has 11 heteroatoms. The van der Waals surface area contributed by atoms with Gasteiger partial charge in [-0.15, -0.1) is 11.8 Å². The van der Waals surface area contributed by atoms with E-state index >= 15 is 0 Å². The first-order chi connectivity index (χ1) is 23.0. The Labute approximate surface area is 293 Å². The monoisotopic (exact) mass is 707 g/mol. The molecule has 254 valence electrons. The van der Waals surface area contributed by atoms with Crippen LogP contribution >= 0.6 is 23.4 Å². The fourth-order valence-corrected chi connectivity index (χ4v) is 7.01. The molecule has 2 amide bonds. The topological polar surface area (TPSA) is 96.0 Å². The number of halogens is 1. The molecule has 48 heavy (non-hydrogen) atoms. The number of sulfonamides is 1. The SMILES string of the molecule is CCOc1ccc(N(CC(=O)N(Cc2ccc(Cl)cc2)[C@H](Cc2ccccc2)C(=O)N[C@@H](C)CC)S(=O)(=O)c2ccc(SC)cc2)cc1. The molecule has 0 unspecified atom stereocenters. The van der Waals surface area contributed by atoms with Gasteiger partial charge < -0.3 is 15.0 Å². The van der Waals surface area contributed by atoms with Gasteiger partial charge in [0.25, 0.3) is 10.0 Å². The van der Waals surface area contributed by atoms with E-state index in [-0.39, 0.29) is 35.5 Å². The molecule has 0 spiro atoms. The Hall–Kier alpha value is -3.99. The molecule has 0 saturated carbocycles. The summed E-state index contributed by atoms with van der Waals surface area (Å²) in [6.07, 6.45) is 2.84. The summed E-state index contributed by atoms with van der Waals surface area (Å²) in [6.45, 7) is 5.70. The Kier molecular flexibility index (Phi) is 13.4. The average Bonchev–Trinajstić information content (AvgIpc) is 3.10. The highest BCUT2D eigenvalue weighted by atomic mass is 35.5. The van der Waals surface area contributed by atoms with Gasteiger partial charge in [-0.25, -0.2) is 8.42 Å². The zero-order valence-corrected chi connectivity index (χ0v) is 30.0. The molecule has 0 bridgehead atoms. The van der Waals surface area contributed by atoms with E-state index in [4.69, 9.17) is 16.3 Å². The number of carbonyl (C=O) groups excluding carboxylic acids is 2. The van der Waals surface area contributed by atoms with Crippen LogP contribution in [0.3, 0.4) is 0 Å². The van der Waals surface area contributed by atoms with Crippen molar-refractivity contribution < 1.29 is 22.7 Å². The van der Waals surface area contributed by atoms with Crippen LogP contribution in [0.5, 0.6) is 5.75 Å². The predicted molar refractivity (Wildman–Crippen MR) is 194 cm³/mol. The van der Waals surface area contributed by atoms with Crippen LogP contribution in [0.2, 0.25) is 5.02 Å². The van der Waals surface area contributed by atoms with E-state index in [0.717, 1.165) is 20.3 Å². The van der Waals surface area contributed by atoms with Gasteiger partial charge in [0.1, 0.15) is 18.3 Å². The third kappa shape index (κ3) is 9.78. The molecule has 0 aliphatic rings. The number of nitrogens with one attached hydrogen (secondary N) is 1. The van der Waals surface area contributed by atoms with Crippen LogP contribution in [0.15, 0.2) is 113 Å². The lowest BCUT2D eigenvalue weighted by molar-refractivity contribution is -0.140. The van der Waals surface area contributed by atoms with Gasteiger partial charge >= 0.3 is 0 Å². The normalized spacial score (nSPS) is 12.5. The average molecular weight is 708 g/mol. The maximum Gasteiger partial charge on any atom is 0.264 e. The number of nitrogens with zero attached hydrogens (tertiary/aromatic N) is 2. The van der Waals surface area contributed by atoms with Gasteiger partial charge in [0.2, 0.25) is 11.8 Å². The van der Waals surface area contributed by atoms with E-state index in [2.05, 4.69) is 5.32 Å². The third-order valence-corrected chi connectivity index (χ3v) is 10.7. The molecule has 4 aromatic carbocycles. The smallest absolute Gasteiger partial charge is 0.264 e. The van der Waals surface area contributed by atoms with E-state index < -0.39 is 28.5 Å². The third-order valence-electron chi connectivity index (χ3n) is 7.90. The molecule has 1 N–H and O–H groups in total. The number of carbonyl (C=O) groups is 2. The number of ether oxygens (including phenoxy) is 1. The highest BCUT2D eigenvalue weighted by Crippen LogP contribution is 2.28. The molecule has 0 saturated heterocycles. The second kappa shape index (κ2) is 17.4. The van der Waals surface area contributed by atoms with Crippen molar-refractivity contribution in [3.8, 4) is 5.75 Å². The molecule has 0 fully saturated rings. The zero-order chi connectivity index (χ0) is 34.7. The first kappa shape index (κ1) is 36.8. The molecule has 0 heterocycles. The minimum atomic E-state index is -4.22. The minimum absolute atomic E-state index is 0.0431. The summed E-state index contributed by atoms with van der Waals surface area (Å²) < 4.78 is 35.3. The molecule has 4 rings (SSSR count). The number of amides is 2. The highest BCUT2D eigenvalue weighted by Gasteiger charge is 2.35. The molecule has 4 aromatic rings. The van der Waals surface area contributed by atoms with Gasteiger partial charge in [0.05, 0.1) is 17.2 Å². The summed E-state index contributed by atoms with van der Waals surface area (Å²) in [5.74, 6) is -0.287. The van der Waals surface area contributed by atoms with Crippen LogP contribution in [0.25, 0.3) is 0 Å². The quantitative estimate of drug-likeness (QED) is 0.124. The van der Waals surface area contributed by atoms with Crippen molar-refractivity contribution in [3.63, 3.8) is 0 Å². The highest BCUT2D eigenvalue weighted by molar-refractivity contribution is 7.98. The molecule has 0 aromatic heterocycles. The number of hydrogen-bond donors (Lipinski definition) is 1. The number of rotatable bonds is 16. The van der Waals surface area contributed by atoms with Gasteiger partial charge in [0.15, 0.2) is 0 Å². The fourth-order valence-electron chi connectivity index (χ4n) is 5.06. The van der Waals surface area contributed by atoms with Crippen molar-refractivity contribution in [2.75, 3.05) is 23.7 Å². The predicted octanol–water partition coefficient (Wildman–Crippen LogP) is 7.21. The molecular weight excluding hydrogens is 666 g/mol. The molecule has 2 atom stereocenters. The number of anilines is 1. The van der Waals surface area contributed by atoms with Crippen LogP contribution < -0.4 is 14.4 Å². The van der Waals surface area contributed by atoms with Crippen molar-refractivity contribution in [1.82, 2.24) is 10.2 Å². The summed E-state index contributed by atoms with van der Waals surface area (Å²) in [5, 5.41) is 3.58. The fraction of sp³-hybridized carbons (Fsp3) is 0.297. The summed E-state index contributed by atoms with van der Waals surface area (Å²) in [5.41, 5.74) is 1.89. The second-order valence-electron chi connectivity index (χ2n) is 11.3. The van der Waals surface area contributed by atoms with Crippen LogP contribution in [0.1, 0.15) is 38.3 Å². The minimum Gasteiger partial charge on any atom is -0.494 e. The van der Waals surface area contributed by atoms with Crippen molar-refractivity contribution in [3.05, 3.63) is 119 Å². The van der Waals surface area contributed by atoms with Crippen LogP contribution in [0.4, 0.5) is 5.69 Å². The van der Waals surface area contributed by atoms with E-state index in [0.29, 0.717) is 23.8 Å². The largest absolute Gasteiger partial charge is 0.494 e. The van der Waals surface area contributed by atoms with Gasteiger partial charge in [-0.3, -0.25) is 13.9 Å². The zero-order valence-electron chi connectivity index (χ0n) is 27.6. The summed E-state index contributed by atoms with van der Waals surface area (Å²) in [6, 6.07) is 28.6. The Morgan fingerprint density at radius 2 is 1.52 bits per heavy atom. The van der Waals surface area contributed by atoms with Crippen molar-refractivity contribution in [2.45, 2.75) is 62.0 Å². The second-order valence-corrected chi connectivity index (χ2v) is 14.5. The summed E-state index contributed by atoms with van der Waals surface area (Å²) in [4.78, 5) is 31.0. The lowest BCUT2D eigenvalue weighted by Gasteiger charge is -2.34. The number of hydrogen-bond acceptors (Lipinski definition) is 6. The van der Waals surface area contributed by atoms with E-state index in [9.17, 15) is 18.0 Å². The van der Waals surface area contributed by atoms with Gasteiger partial charge in [0, 0.05) is 28.9 Å². The molecule has 8 nitrogen and oxygen atoms in total. The van der Waals surface area contributed by atoms with E-state index in [1.165, 1.54) is 28.8 Å². The van der Waals surface area contributed by atoms with Crippen LogP contribution in [-0.4, -0.2) is 56.6 Å². The Bertz CT molecular complexity index is 1740. The maximum absolute atomic E-state index is 14.6. The van der Waals surface area contributed by atoms with Crippen molar-refractivity contribution in [1.29, 1.82) is 0 Å². The number of benzene rings is 4.